The van der Waals surface area contributed by atoms with E-state index < -0.39 is 6.09 Å². The van der Waals surface area contributed by atoms with Crippen molar-refractivity contribution in [2.45, 2.75) is 20.0 Å². The first-order chi connectivity index (χ1) is 13.0. The lowest BCUT2D eigenvalue weighted by Gasteiger charge is -2.14. The van der Waals surface area contributed by atoms with Crippen LogP contribution in [-0.4, -0.2) is 10.5 Å². The first-order valence-electron chi connectivity index (χ1n) is 8.19. The van der Waals surface area contributed by atoms with Gasteiger partial charge in [0.1, 0.15) is 6.10 Å². The van der Waals surface area contributed by atoms with Crippen molar-refractivity contribution in [3.63, 3.8) is 0 Å². The standard InChI is InChI=1S/C19H15BrN2O2S3/c1-10-17(21-19(23)24-11(2)12-6-4-3-5-7-12)18(27-22-10)15-8-13-14(25-15)9-16(20)26-13/h3-9,11H,1-2H3,(H,21,23)/t11-/m1/s1. The van der Waals surface area contributed by atoms with E-state index in [4.69, 9.17) is 4.74 Å². The maximum atomic E-state index is 12.4. The SMILES string of the molecule is Cc1nsc(-c2cc3sc(Br)cc3s2)c1NC(=O)O[C@H](C)c1ccccc1. The van der Waals surface area contributed by atoms with Crippen LogP contribution in [0, 0.1) is 6.92 Å². The summed E-state index contributed by atoms with van der Waals surface area (Å²) >= 11 is 8.31. The van der Waals surface area contributed by atoms with Gasteiger partial charge in [-0.3, -0.25) is 5.32 Å². The highest BCUT2D eigenvalue weighted by atomic mass is 79.9. The van der Waals surface area contributed by atoms with Crippen molar-refractivity contribution in [2.75, 3.05) is 5.32 Å². The summed E-state index contributed by atoms with van der Waals surface area (Å²) in [6.45, 7) is 3.75. The summed E-state index contributed by atoms with van der Waals surface area (Å²) in [6.07, 6.45) is -0.803. The zero-order valence-electron chi connectivity index (χ0n) is 14.5. The van der Waals surface area contributed by atoms with Crippen molar-refractivity contribution in [3.8, 4) is 9.75 Å². The Morgan fingerprint density at radius 3 is 2.67 bits per heavy atom. The van der Waals surface area contributed by atoms with Crippen LogP contribution in [0.3, 0.4) is 0 Å². The first kappa shape index (κ1) is 18.6. The van der Waals surface area contributed by atoms with E-state index in [1.165, 1.54) is 20.9 Å². The van der Waals surface area contributed by atoms with Crippen LogP contribution in [0.5, 0.6) is 0 Å². The number of aromatic nitrogens is 1. The van der Waals surface area contributed by atoms with Crippen LogP contribution in [0.1, 0.15) is 24.3 Å². The number of benzene rings is 1. The number of nitrogens with zero attached hydrogens (tertiary/aromatic N) is 1. The molecule has 1 amide bonds. The third kappa shape index (κ3) is 3.94. The fourth-order valence-corrected chi connectivity index (χ4v) is 6.65. The van der Waals surface area contributed by atoms with E-state index in [1.807, 2.05) is 44.2 Å². The Morgan fingerprint density at radius 2 is 1.93 bits per heavy atom. The Labute approximate surface area is 177 Å². The van der Waals surface area contributed by atoms with Crippen LogP contribution in [0.2, 0.25) is 0 Å². The average Bonchev–Trinajstić information content (AvgIpc) is 3.29. The number of amides is 1. The highest BCUT2D eigenvalue weighted by molar-refractivity contribution is 9.11. The van der Waals surface area contributed by atoms with Gasteiger partial charge in [-0.15, -0.1) is 22.7 Å². The number of ether oxygens (including phenoxy) is 1. The molecule has 0 bridgehead atoms. The summed E-state index contributed by atoms with van der Waals surface area (Å²) in [7, 11) is 0. The number of carbonyl (C=O) groups is 1. The second kappa shape index (κ2) is 7.71. The van der Waals surface area contributed by atoms with Gasteiger partial charge in [-0.05, 0) is 59.0 Å². The maximum Gasteiger partial charge on any atom is 0.412 e. The van der Waals surface area contributed by atoms with Crippen LogP contribution < -0.4 is 5.32 Å². The van der Waals surface area contributed by atoms with Crippen LogP contribution in [0.4, 0.5) is 10.5 Å². The lowest BCUT2D eigenvalue weighted by molar-refractivity contribution is 0.121. The monoisotopic (exact) mass is 478 g/mol. The molecule has 0 unspecified atom stereocenters. The number of carbonyl (C=O) groups excluding carboxylic acids is 1. The molecule has 3 aromatic heterocycles. The van der Waals surface area contributed by atoms with E-state index in [2.05, 4.69) is 37.8 Å². The third-order valence-corrected chi connectivity index (χ3v) is 7.96. The lowest BCUT2D eigenvalue weighted by atomic mass is 10.1. The highest BCUT2D eigenvalue weighted by Gasteiger charge is 2.20. The molecule has 0 fully saturated rings. The fourth-order valence-electron chi connectivity index (χ4n) is 2.69. The predicted molar refractivity (Wildman–Crippen MR) is 118 cm³/mol. The van der Waals surface area contributed by atoms with E-state index in [0.29, 0.717) is 0 Å². The minimum Gasteiger partial charge on any atom is -0.441 e. The molecular weight excluding hydrogens is 464 g/mol. The Bertz CT molecular complexity index is 1070. The lowest BCUT2D eigenvalue weighted by Crippen LogP contribution is -2.16. The number of anilines is 1. The summed E-state index contributed by atoms with van der Waals surface area (Å²) in [6, 6.07) is 13.9. The van der Waals surface area contributed by atoms with E-state index in [-0.39, 0.29) is 6.10 Å². The Kier molecular flexibility index (Phi) is 5.32. The molecule has 0 spiro atoms. The smallest absolute Gasteiger partial charge is 0.412 e. The fraction of sp³-hybridized carbons (Fsp3) is 0.158. The Morgan fingerprint density at radius 1 is 1.19 bits per heavy atom. The number of fused-ring (bicyclic) bond motifs is 1. The molecule has 1 atom stereocenters. The summed E-state index contributed by atoms with van der Waals surface area (Å²) in [4.78, 5) is 14.5. The number of aryl methyl sites for hydroxylation is 1. The zero-order valence-corrected chi connectivity index (χ0v) is 18.5. The summed E-state index contributed by atoms with van der Waals surface area (Å²) in [5.41, 5.74) is 2.47. The molecule has 0 aliphatic heterocycles. The molecular formula is C19H15BrN2O2S3. The van der Waals surface area contributed by atoms with E-state index in [9.17, 15) is 4.79 Å². The van der Waals surface area contributed by atoms with Gasteiger partial charge in [-0.2, -0.15) is 4.37 Å². The van der Waals surface area contributed by atoms with Crippen molar-refractivity contribution in [1.82, 2.24) is 4.37 Å². The average molecular weight is 479 g/mol. The molecule has 4 aromatic rings. The van der Waals surface area contributed by atoms with Crippen molar-refractivity contribution in [3.05, 3.63) is 57.5 Å². The molecule has 1 N–H and O–H groups in total. The first-order valence-corrected chi connectivity index (χ1v) is 11.4. The summed E-state index contributed by atoms with van der Waals surface area (Å²) in [5, 5.41) is 2.89. The van der Waals surface area contributed by atoms with E-state index >= 15 is 0 Å². The quantitative estimate of drug-likeness (QED) is 0.330. The molecule has 0 radical (unpaired) electrons. The van der Waals surface area contributed by atoms with Gasteiger partial charge in [-0.1, -0.05) is 30.3 Å². The molecule has 138 valence electrons. The maximum absolute atomic E-state index is 12.4. The number of hydrogen-bond acceptors (Lipinski definition) is 6. The molecule has 8 heteroatoms. The molecule has 0 aliphatic rings. The summed E-state index contributed by atoms with van der Waals surface area (Å²) < 4.78 is 13.5. The van der Waals surface area contributed by atoms with Gasteiger partial charge < -0.3 is 4.74 Å². The topological polar surface area (TPSA) is 51.2 Å². The van der Waals surface area contributed by atoms with Gasteiger partial charge >= 0.3 is 6.09 Å². The Balaban J connectivity index is 1.54. The van der Waals surface area contributed by atoms with Gasteiger partial charge in [0, 0.05) is 9.40 Å². The molecule has 4 rings (SSSR count). The van der Waals surface area contributed by atoms with Crippen LogP contribution in [0.25, 0.3) is 19.2 Å². The normalized spacial score (nSPS) is 12.3. The van der Waals surface area contributed by atoms with Crippen molar-refractivity contribution < 1.29 is 9.53 Å². The minimum atomic E-state index is -0.475. The number of hydrogen-bond donors (Lipinski definition) is 1. The van der Waals surface area contributed by atoms with Crippen molar-refractivity contribution >= 4 is 71.3 Å². The van der Waals surface area contributed by atoms with Crippen LogP contribution in [0.15, 0.2) is 46.3 Å². The van der Waals surface area contributed by atoms with E-state index in [0.717, 1.165) is 30.5 Å². The number of nitrogens with one attached hydrogen (secondary N) is 1. The van der Waals surface area contributed by atoms with Crippen molar-refractivity contribution in [2.24, 2.45) is 0 Å². The molecule has 4 nitrogen and oxygen atoms in total. The van der Waals surface area contributed by atoms with Gasteiger partial charge in [0.05, 0.1) is 24.9 Å². The number of halogens is 1. The largest absolute Gasteiger partial charge is 0.441 e. The number of thiophene rings is 2. The predicted octanol–water partition coefficient (Wildman–Crippen LogP) is 7.47. The molecule has 3 heterocycles. The van der Waals surface area contributed by atoms with Crippen molar-refractivity contribution in [1.29, 1.82) is 0 Å². The zero-order chi connectivity index (χ0) is 19.0. The van der Waals surface area contributed by atoms with Gasteiger partial charge in [0.25, 0.3) is 0 Å². The van der Waals surface area contributed by atoms with Crippen LogP contribution >= 0.6 is 50.1 Å². The van der Waals surface area contributed by atoms with Crippen LogP contribution in [-0.2, 0) is 4.74 Å². The highest BCUT2D eigenvalue weighted by Crippen LogP contribution is 2.44. The second-order valence-corrected chi connectivity index (χ2v) is 10.3. The second-order valence-electron chi connectivity index (χ2n) is 5.94. The minimum absolute atomic E-state index is 0.328. The van der Waals surface area contributed by atoms with Gasteiger partial charge in [-0.25, -0.2) is 4.79 Å². The summed E-state index contributed by atoms with van der Waals surface area (Å²) in [5.74, 6) is 0. The molecule has 0 aliphatic carbocycles. The third-order valence-electron chi connectivity index (χ3n) is 4.04. The van der Waals surface area contributed by atoms with Gasteiger partial charge in [0.2, 0.25) is 0 Å². The number of rotatable bonds is 4. The molecule has 27 heavy (non-hydrogen) atoms. The molecule has 0 saturated heterocycles. The van der Waals surface area contributed by atoms with E-state index in [1.54, 1.807) is 22.7 Å². The molecule has 0 saturated carbocycles. The van der Waals surface area contributed by atoms with Gasteiger partial charge in [0.15, 0.2) is 0 Å². The Hall–Kier alpha value is -1.74. The molecule has 1 aromatic carbocycles.